The van der Waals surface area contributed by atoms with E-state index in [0.29, 0.717) is 4.77 Å². The number of rotatable bonds is 1. The van der Waals surface area contributed by atoms with Gasteiger partial charge in [-0.2, -0.15) is 0 Å². The van der Waals surface area contributed by atoms with Crippen LogP contribution in [0.25, 0.3) is 20.3 Å². The Morgan fingerprint density at radius 3 is 2.76 bits per heavy atom. The van der Waals surface area contributed by atoms with Gasteiger partial charge >= 0.3 is 0 Å². The number of hydrogen-bond donors (Lipinski definition) is 1. The summed E-state index contributed by atoms with van der Waals surface area (Å²) in [6.07, 6.45) is 5.78. The van der Waals surface area contributed by atoms with Crippen molar-refractivity contribution in [2.24, 2.45) is 0 Å². The number of nitrogens with zero attached hydrogens (tertiary/aromatic N) is 1. The van der Waals surface area contributed by atoms with Gasteiger partial charge in [0, 0.05) is 16.1 Å². The highest BCUT2D eigenvalue weighted by molar-refractivity contribution is 7.71. The van der Waals surface area contributed by atoms with Gasteiger partial charge in [-0.05, 0) is 31.1 Å². The Balaban J connectivity index is 2.03. The van der Waals surface area contributed by atoms with Gasteiger partial charge in [0.05, 0.1) is 5.52 Å². The Morgan fingerprint density at radius 2 is 1.95 bits per heavy atom. The van der Waals surface area contributed by atoms with Gasteiger partial charge in [-0.25, -0.2) is 0 Å². The first-order valence-electron chi connectivity index (χ1n) is 7.42. The van der Waals surface area contributed by atoms with Crippen LogP contribution in [0.3, 0.4) is 0 Å². The molecule has 1 N–H and O–H groups in total. The van der Waals surface area contributed by atoms with Crippen LogP contribution in [0.5, 0.6) is 0 Å². The van der Waals surface area contributed by atoms with Crippen LogP contribution in [0.1, 0.15) is 38.1 Å². The van der Waals surface area contributed by atoms with E-state index in [4.69, 9.17) is 12.2 Å². The van der Waals surface area contributed by atoms with Crippen molar-refractivity contribution in [3.63, 3.8) is 0 Å². The van der Waals surface area contributed by atoms with Crippen LogP contribution in [0.4, 0.5) is 0 Å². The molecule has 0 radical (unpaired) electrons. The number of nitrogens with one attached hydrogen (secondary N) is 1. The van der Waals surface area contributed by atoms with E-state index in [1.165, 1.54) is 19.3 Å². The molecule has 4 rings (SSSR count). The summed E-state index contributed by atoms with van der Waals surface area (Å²) in [5.41, 5.74) is 0.986. The smallest absolute Gasteiger partial charge is 0.272 e. The minimum Gasteiger partial charge on any atom is -0.330 e. The maximum Gasteiger partial charge on any atom is 0.272 e. The molecule has 1 aromatic carbocycles. The summed E-state index contributed by atoms with van der Waals surface area (Å²) in [5, 5.41) is 1.09. The maximum atomic E-state index is 12.9. The first-order valence-corrected chi connectivity index (χ1v) is 8.64. The van der Waals surface area contributed by atoms with Crippen LogP contribution < -0.4 is 5.56 Å². The van der Waals surface area contributed by atoms with Crippen LogP contribution in [-0.4, -0.2) is 9.55 Å². The predicted octanol–water partition coefficient (Wildman–Crippen LogP) is 4.78. The minimum atomic E-state index is 0.0850. The van der Waals surface area contributed by atoms with Crippen LogP contribution in [-0.2, 0) is 0 Å². The standard InChI is InChI=1S/C16H16N2OS2/c19-15-14-13(11-8-4-5-9-12(11)21-14)17-16(20)18(15)10-6-2-1-3-7-10/h4-5,8-10H,1-3,6-7H2,(H,17,20). The Kier molecular flexibility index (Phi) is 3.19. The largest absolute Gasteiger partial charge is 0.330 e. The van der Waals surface area contributed by atoms with Crippen LogP contribution in [0.15, 0.2) is 29.1 Å². The zero-order valence-electron chi connectivity index (χ0n) is 11.6. The first-order chi connectivity index (χ1) is 10.3. The molecule has 5 heteroatoms. The van der Waals surface area contributed by atoms with Gasteiger partial charge < -0.3 is 4.98 Å². The second-order valence-electron chi connectivity index (χ2n) is 5.70. The van der Waals surface area contributed by atoms with Crippen molar-refractivity contribution in [1.29, 1.82) is 0 Å². The Bertz CT molecular complexity index is 929. The van der Waals surface area contributed by atoms with Gasteiger partial charge in [-0.1, -0.05) is 37.5 Å². The summed E-state index contributed by atoms with van der Waals surface area (Å²) in [6.45, 7) is 0. The van der Waals surface area contributed by atoms with Crippen LogP contribution in [0.2, 0.25) is 0 Å². The zero-order valence-corrected chi connectivity index (χ0v) is 13.2. The van der Waals surface area contributed by atoms with Crippen molar-refractivity contribution >= 4 is 43.9 Å². The molecule has 1 aliphatic rings. The molecule has 0 atom stereocenters. The third-order valence-corrected chi connectivity index (χ3v) is 5.86. The fraction of sp³-hybridized carbons (Fsp3) is 0.375. The number of aromatic amines is 1. The van der Waals surface area contributed by atoms with E-state index in [2.05, 4.69) is 11.1 Å². The molecule has 0 bridgehead atoms. The quantitative estimate of drug-likeness (QED) is 0.656. The SMILES string of the molecule is O=c1c2sc3ccccc3c2[nH]c(=S)n1C1CCCCC1. The number of benzene rings is 1. The lowest BCUT2D eigenvalue weighted by Crippen LogP contribution is -2.27. The molecular formula is C16H16N2OS2. The highest BCUT2D eigenvalue weighted by Crippen LogP contribution is 2.32. The third-order valence-electron chi connectivity index (χ3n) is 4.40. The van der Waals surface area contributed by atoms with E-state index in [-0.39, 0.29) is 11.6 Å². The summed E-state index contributed by atoms with van der Waals surface area (Å²) in [4.78, 5) is 16.2. The number of H-pyrrole nitrogens is 1. The molecule has 1 aliphatic carbocycles. The molecule has 3 aromatic rings. The molecule has 2 heterocycles. The van der Waals surface area contributed by atoms with Gasteiger partial charge in [0.25, 0.3) is 5.56 Å². The lowest BCUT2D eigenvalue weighted by Gasteiger charge is -2.23. The van der Waals surface area contributed by atoms with Crippen molar-refractivity contribution < 1.29 is 0 Å². The van der Waals surface area contributed by atoms with Gasteiger partial charge in [0.15, 0.2) is 4.77 Å². The van der Waals surface area contributed by atoms with E-state index in [9.17, 15) is 4.79 Å². The normalized spacial score (nSPS) is 16.8. The number of aromatic nitrogens is 2. The summed E-state index contributed by atoms with van der Waals surface area (Å²) in [5.74, 6) is 0. The van der Waals surface area contributed by atoms with Crippen molar-refractivity contribution in [3.8, 4) is 0 Å². The molecule has 108 valence electrons. The molecule has 1 saturated carbocycles. The number of thiophene rings is 1. The number of fused-ring (bicyclic) bond motifs is 3. The summed E-state index contributed by atoms with van der Waals surface area (Å²) in [6, 6.07) is 8.37. The van der Waals surface area contributed by atoms with Crippen molar-refractivity contribution in [1.82, 2.24) is 9.55 Å². The van der Waals surface area contributed by atoms with E-state index >= 15 is 0 Å². The second kappa shape index (κ2) is 5.07. The summed E-state index contributed by atoms with van der Waals surface area (Å²) in [7, 11) is 0. The van der Waals surface area contributed by atoms with E-state index in [1.807, 2.05) is 22.8 Å². The van der Waals surface area contributed by atoms with Crippen molar-refractivity contribution in [2.75, 3.05) is 0 Å². The zero-order chi connectivity index (χ0) is 14.4. The molecule has 21 heavy (non-hydrogen) atoms. The molecule has 0 amide bonds. The molecular weight excluding hydrogens is 300 g/mol. The molecule has 0 saturated heterocycles. The second-order valence-corrected chi connectivity index (χ2v) is 7.14. The highest BCUT2D eigenvalue weighted by Gasteiger charge is 2.20. The van der Waals surface area contributed by atoms with Crippen molar-refractivity contribution in [2.45, 2.75) is 38.1 Å². The van der Waals surface area contributed by atoms with Crippen LogP contribution in [0, 0.1) is 4.77 Å². The third kappa shape index (κ3) is 2.07. The van der Waals surface area contributed by atoms with Crippen LogP contribution >= 0.6 is 23.6 Å². The van der Waals surface area contributed by atoms with Crippen molar-refractivity contribution in [3.05, 3.63) is 39.4 Å². The van der Waals surface area contributed by atoms with Gasteiger partial charge in [-0.3, -0.25) is 9.36 Å². The topological polar surface area (TPSA) is 37.8 Å². The fourth-order valence-corrected chi connectivity index (χ4v) is 4.79. The molecule has 0 unspecified atom stereocenters. The average molecular weight is 316 g/mol. The molecule has 0 spiro atoms. The summed E-state index contributed by atoms with van der Waals surface area (Å²) < 4.78 is 4.33. The predicted molar refractivity (Wildman–Crippen MR) is 90.9 cm³/mol. The molecule has 0 aliphatic heterocycles. The van der Waals surface area contributed by atoms with E-state index < -0.39 is 0 Å². The van der Waals surface area contributed by atoms with Gasteiger partial charge in [-0.15, -0.1) is 11.3 Å². The Morgan fingerprint density at radius 1 is 1.19 bits per heavy atom. The Hall–Kier alpha value is -1.46. The van der Waals surface area contributed by atoms with E-state index in [1.54, 1.807) is 11.3 Å². The van der Waals surface area contributed by atoms with Gasteiger partial charge in [0.2, 0.25) is 0 Å². The fourth-order valence-electron chi connectivity index (χ4n) is 3.36. The lowest BCUT2D eigenvalue weighted by molar-refractivity contribution is 0.342. The number of hydrogen-bond acceptors (Lipinski definition) is 3. The van der Waals surface area contributed by atoms with Gasteiger partial charge in [0.1, 0.15) is 4.70 Å². The first kappa shape index (κ1) is 13.2. The average Bonchev–Trinajstić information content (AvgIpc) is 2.88. The molecule has 3 nitrogen and oxygen atoms in total. The molecule has 1 fully saturated rings. The maximum absolute atomic E-state index is 12.9. The monoisotopic (exact) mass is 316 g/mol. The highest BCUT2D eigenvalue weighted by atomic mass is 32.1. The lowest BCUT2D eigenvalue weighted by atomic mass is 9.95. The summed E-state index contributed by atoms with van der Waals surface area (Å²) >= 11 is 7.05. The minimum absolute atomic E-state index is 0.0850. The Labute approximate surface area is 131 Å². The van der Waals surface area contributed by atoms with E-state index in [0.717, 1.165) is 33.1 Å². The molecule has 2 aromatic heterocycles.